The Morgan fingerprint density at radius 1 is 1.02 bits per heavy atom. The third-order valence-corrected chi connectivity index (χ3v) is 7.58. The minimum Gasteiger partial charge on any atom is -0.493 e. The predicted octanol–water partition coefficient (Wildman–Crippen LogP) is 4.05. The number of ether oxygens (including phenoxy) is 3. The van der Waals surface area contributed by atoms with Crippen LogP contribution in [0.3, 0.4) is 0 Å². The molecule has 2 amide bonds. The number of rotatable bonds is 11. The number of amides is 2. The number of carbonyl (C=O) groups excluding carboxylic acids is 2. The molecule has 1 heterocycles. The molecule has 228 valence electrons. The van der Waals surface area contributed by atoms with Gasteiger partial charge in [-0.2, -0.15) is 0 Å². The molecule has 2 unspecified atom stereocenters. The van der Waals surface area contributed by atoms with Gasteiger partial charge in [0.25, 0.3) is 0 Å². The van der Waals surface area contributed by atoms with E-state index < -0.39 is 12.1 Å². The van der Waals surface area contributed by atoms with E-state index in [-0.39, 0.29) is 28.8 Å². The number of aromatic nitrogens is 1. The zero-order valence-corrected chi connectivity index (χ0v) is 25.6. The zero-order valence-electron chi connectivity index (χ0n) is 25.6. The lowest BCUT2D eigenvalue weighted by Gasteiger charge is -2.22. The van der Waals surface area contributed by atoms with Gasteiger partial charge in [-0.15, -0.1) is 0 Å². The number of nitrogens with zero attached hydrogens (tertiary/aromatic N) is 1. The molecular weight excluding hydrogens is 548 g/mol. The van der Waals surface area contributed by atoms with Crippen molar-refractivity contribution in [2.75, 3.05) is 33.2 Å². The Balaban J connectivity index is 1.75. The maximum Gasteiger partial charge on any atom is 0.242 e. The van der Waals surface area contributed by atoms with Crippen LogP contribution in [0.1, 0.15) is 50.1 Å². The molecule has 1 aliphatic carbocycles. The molecule has 0 spiro atoms. The van der Waals surface area contributed by atoms with Gasteiger partial charge in [0.05, 0.1) is 33.1 Å². The summed E-state index contributed by atoms with van der Waals surface area (Å²) in [6, 6.07) is 11.6. The molecule has 4 rings (SSSR count). The molecular formula is C33H40N4O6. The SMILES string of the molecule is COc1cc2c(c(OC)c1OC)-c1ccc(NC(C(=O)NCCc3ccccn3)C(C)C)c(=O)cc1C(NC(C)=O)CC2. The molecule has 10 nitrogen and oxygen atoms in total. The Morgan fingerprint density at radius 2 is 1.79 bits per heavy atom. The van der Waals surface area contributed by atoms with Gasteiger partial charge < -0.3 is 30.2 Å². The molecule has 0 saturated carbocycles. The molecule has 1 aromatic heterocycles. The first-order valence-corrected chi connectivity index (χ1v) is 14.4. The van der Waals surface area contributed by atoms with Crippen LogP contribution >= 0.6 is 0 Å². The van der Waals surface area contributed by atoms with Crippen molar-refractivity contribution in [3.05, 3.63) is 75.7 Å². The number of hydrogen-bond donors (Lipinski definition) is 3. The van der Waals surface area contributed by atoms with Gasteiger partial charge in [-0.25, -0.2) is 0 Å². The van der Waals surface area contributed by atoms with Gasteiger partial charge in [-0.1, -0.05) is 26.0 Å². The van der Waals surface area contributed by atoms with Crippen molar-refractivity contribution < 1.29 is 23.8 Å². The Hall–Kier alpha value is -4.60. The summed E-state index contributed by atoms with van der Waals surface area (Å²) in [6.45, 7) is 5.72. The van der Waals surface area contributed by atoms with Crippen molar-refractivity contribution in [3.63, 3.8) is 0 Å². The number of fused-ring (bicyclic) bond motifs is 3. The normalized spacial score (nSPS) is 14.4. The van der Waals surface area contributed by atoms with Crippen LogP contribution in [0.4, 0.5) is 5.69 Å². The van der Waals surface area contributed by atoms with E-state index in [1.165, 1.54) is 6.92 Å². The molecule has 0 radical (unpaired) electrons. The number of anilines is 1. The quantitative estimate of drug-likeness (QED) is 0.306. The Morgan fingerprint density at radius 3 is 2.42 bits per heavy atom. The lowest BCUT2D eigenvalue weighted by molar-refractivity contribution is -0.122. The van der Waals surface area contributed by atoms with Crippen molar-refractivity contribution in [3.8, 4) is 28.4 Å². The standard InChI is InChI=1S/C33H40N4O6/c1-19(2)30(33(40)35-16-14-22-9-7-8-15-34-22)37-26-13-11-23-24(18-27(26)39)25(36-20(3)38)12-10-21-17-28(41-4)31(42-5)32(43-6)29(21)23/h7-9,11,13,15,17-19,25,30H,10,12,14,16H2,1-6H3,(H,35,40)(H,36,38)(H,37,39). The number of benzene rings is 1. The van der Waals surface area contributed by atoms with Crippen LogP contribution < -0.4 is 35.6 Å². The minimum atomic E-state index is -0.657. The first-order chi connectivity index (χ1) is 20.7. The van der Waals surface area contributed by atoms with Gasteiger partial charge in [0.15, 0.2) is 11.5 Å². The number of pyridine rings is 1. The molecule has 0 fully saturated rings. The van der Waals surface area contributed by atoms with Crippen molar-refractivity contribution in [2.24, 2.45) is 5.92 Å². The minimum absolute atomic E-state index is 0.109. The lowest BCUT2D eigenvalue weighted by atomic mass is 9.95. The Bertz CT molecular complexity index is 1530. The Kier molecular flexibility index (Phi) is 10.2. The van der Waals surface area contributed by atoms with Crippen LogP contribution in [0.15, 0.2) is 53.5 Å². The third kappa shape index (κ3) is 7.07. The van der Waals surface area contributed by atoms with E-state index >= 15 is 0 Å². The summed E-state index contributed by atoms with van der Waals surface area (Å²) in [5, 5.41) is 9.18. The molecule has 1 aliphatic rings. The number of carbonyl (C=O) groups is 2. The number of nitrogens with one attached hydrogen (secondary N) is 3. The van der Waals surface area contributed by atoms with E-state index in [0.29, 0.717) is 48.6 Å². The monoisotopic (exact) mass is 588 g/mol. The fourth-order valence-corrected chi connectivity index (χ4v) is 5.50. The summed E-state index contributed by atoms with van der Waals surface area (Å²) < 4.78 is 17.1. The molecule has 3 aromatic rings. The second-order valence-electron chi connectivity index (χ2n) is 10.8. The highest BCUT2D eigenvalue weighted by Crippen LogP contribution is 2.50. The average molecular weight is 589 g/mol. The molecule has 10 heteroatoms. The first-order valence-electron chi connectivity index (χ1n) is 14.4. The van der Waals surface area contributed by atoms with E-state index in [2.05, 4.69) is 20.9 Å². The second-order valence-corrected chi connectivity index (χ2v) is 10.8. The number of aryl methyl sites for hydroxylation is 1. The topological polar surface area (TPSA) is 128 Å². The van der Waals surface area contributed by atoms with E-state index in [1.54, 1.807) is 39.7 Å². The highest BCUT2D eigenvalue weighted by atomic mass is 16.5. The smallest absolute Gasteiger partial charge is 0.242 e. The van der Waals surface area contributed by atoms with Gasteiger partial charge in [-0.05, 0) is 65.8 Å². The van der Waals surface area contributed by atoms with E-state index in [4.69, 9.17) is 14.2 Å². The van der Waals surface area contributed by atoms with E-state index in [0.717, 1.165) is 22.4 Å². The lowest BCUT2D eigenvalue weighted by Crippen LogP contribution is -2.44. The van der Waals surface area contributed by atoms with Gasteiger partial charge in [0.1, 0.15) is 6.04 Å². The van der Waals surface area contributed by atoms with Gasteiger partial charge in [-0.3, -0.25) is 19.4 Å². The summed E-state index contributed by atoms with van der Waals surface area (Å²) in [5.41, 5.74) is 3.92. The van der Waals surface area contributed by atoms with Crippen molar-refractivity contribution in [2.45, 2.75) is 52.1 Å². The molecule has 2 aromatic carbocycles. The average Bonchev–Trinajstić information content (AvgIpc) is 3.23. The summed E-state index contributed by atoms with van der Waals surface area (Å²) in [6.07, 6.45) is 3.47. The third-order valence-electron chi connectivity index (χ3n) is 7.58. The largest absolute Gasteiger partial charge is 0.493 e. The van der Waals surface area contributed by atoms with Gasteiger partial charge >= 0.3 is 0 Å². The zero-order chi connectivity index (χ0) is 31.1. The second kappa shape index (κ2) is 14.0. The van der Waals surface area contributed by atoms with Crippen molar-refractivity contribution >= 4 is 17.5 Å². The predicted molar refractivity (Wildman–Crippen MR) is 166 cm³/mol. The Labute approximate surface area is 252 Å². The number of hydrogen-bond acceptors (Lipinski definition) is 8. The highest BCUT2D eigenvalue weighted by molar-refractivity contribution is 5.86. The van der Waals surface area contributed by atoms with Crippen LogP contribution in [0, 0.1) is 5.92 Å². The molecule has 0 saturated heterocycles. The van der Waals surface area contributed by atoms with Gasteiger partial charge in [0, 0.05) is 37.3 Å². The summed E-state index contributed by atoms with van der Waals surface area (Å²) >= 11 is 0. The summed E-state index contributed by atoms with van der Waals surface area (Å²) in [4.78, 5) is 43.5. The van der Waals surface area contributed by atoms with Crippen molar-refractivity contribution in [1.29, 1.82) is 0 Å². The van der Waals surface area contributed by atoms with E-state index in [1.807, 2.05) is 44.2 Å². The fourth-order valence-electron chi connectivity index (χ4n) is 5.50. The van der Waals surface area contributed by atoms with E-state index in [9.17, 15) is 14.4 Å². The molecule has 0 aliphatic heterocycles. The van der Waals surface area contributed by atoms with Crippen molar-refractivity contribution in [1.82, 2.24) is 15.6 Å². The molecule has 2 atom stereocenters. The highest BCUT2D eigenvalue weighted by Gasteiger charge is 2.30. The molecule has 0 bridgehead atoms. The van der Waals surface area contributed by atoms with Crippen LogP contribution in [-0.4, -0.2) is 50.7 Å². The maximum atomic E-state index is 13.7. The summed E-state index contributed by atoms with van der Waals surface area (Å²) in [7, 11) is 4.67. The first kappa shape index (κ1) is 31.3. The van der Waals surface area contributed by atoms with Crippen LogP contribution in [-0.2, 0) is 22.4 Å². The summed E-state index contributed by atoms with van der Waals surface area (Å²) in [5.74, 6) is 0.909. The fraction of sp³-hybridized carbons (Fsp3) is 0.394. The van der Waals surface area contributed by atoms with Crippen LogP contribution in [0.5, 0.6) is 17.2 Å². The van der Waals surface area contributed by atoms with Crippen LogP contribution in [0.25, 0.3) is 11.1 Å². The molecule has 3 N–H and O–H groups in total. The van der Waals surface area contributed by atoms with Crippen LogP contribution in [0.2, 0.25) is 0 Å². The number of methoxy groups -OCH3 is 3. The van der Waals surface area contributed by atoms with Gasteiger partial charge in [0.2, 0.25) is 23.0 Å². The molecule has 43 heavy (non-hydrogen) atoms. The maximum absolute atomic E-state index is 13.7.